The molecule has 1 aliphatic carbocycles. The van der Waals surface area contributed by atoms with Gasteiger partial charge in [0, 0.05) is 12.0 Å². The molecule has 4 nitrogen and oxygen atoms in total. The van der Waals surface area contributed by atoms with E-state index in [4.69, 9.17) is 4.52 Å². The molecule has 0 bridgehead atoms. The van der Waals surface area contributed by atoms with Crippen molar-refractivity contribution in [2.75, 3.05) is 7.05 Å². The van der Waals surface area contributed by atoms with Gasteiger partial charge in [-0.25, -0.2) is 0 Å². The summed E-state index contributed by atoms with van der Waals surface area (Å²) in [5.41, 5.74) is 0. The van der Waals surface area contributed by atoms with E-state index < -0.39 is 0 Å². The van der Waals surface area contributed by atoms with Crippen LogP contribution in [-0.4, -0.2) is 23.2 Å². The Kier molecular flexibility index (Phi) is 4.75. The van der Waals surface area contributed by atoms with E-state index in [0.29, 0.717) is 12.0 Å². The molecular formula is C14H25N3O. The second kappa shape index (κ2) is 6.32. The van der Waals surface area contributed by atoms with Crippen molar-refractivity contribution < 1.29 is 4.52 Å². The summed E-state index contributed by atoms with van der Waals surface area (Å²) in [6.07, 6.45) is 7.47. The van der Waals surface area contributed by atoms with Crippen LogP contribution in [0.25, 0.3) is 0 Å². The van der Waals surface area contributed by atoms with Gasteiger partial charge in [0.05, 0.1) is 5.92 Å². The van der Waals surface area contributed by atoms with Gasteiger partial charge >= 0.3 is 0 Å². The normalized spacial score (nSPS) is 20.8. The average Bonchev–Trinajstić information content (AvgIpc) is 2.90. The maximum absolute atomic E-state index is 5.46. The van der Waals surface area contributed by atoms with E-state index in [1.165, 1.54) is 32.1 Å². The number of likely N-dealkylation sites (N-methyl/N-ethyl adjacent to an activating group) is 1. The summed E-state index contributed by atoms with van der Waals surface area (Å²) in [6.45, 7) is 4.33. The first kappa shape index (κ1) is 13.5. The highest BCUT2D eigenvalue weighted by molar-refractivity contribution is 5.01. The van der Waals surface area contributed by atoms with E-state index in [1.54, 1.807) is 0 Å². The second-order valence-electron chi connectivity index (χ2n) is 5.42. The van der Waals surface area contributed by atoms with Crippen LogP contribution in [0.2, 0.25) is 0 Å². The van der Waals surface area contributed by atoms with Crippen molar-refractivity contribution in [3.8, 4) is 0 Å². The lowest BCUT2D eigenvalue weighted by Gasteiger charge is -2.19. The highest BCUT2D eigenvalue weighted by atomic mass is 16.5. The smallest absolute Gasteiger partial charge is 0.231 e. The quantitative estimate of drug-likeness (QED) is 0.873. The molecule has 2 atom stereocenters. The van der Waals surface area contributed by atoms with Crippen LogP contribution in [0.1, 0.15) is 75.9 Å². The largest absolute Gasteiger partial charge is 0.339 e. The molecule has 1 aromatic rings. The molecule has 18 heavy (non-hydrogen) atoms. The Hall–Kier alpha value is -0.900. The monoisotopic (exact) mass is 251 g/mol. The number of rotatable bonds is 5. The van der Waals surface area contributed by atoms with Gasteiger partial charge in [-0.1, -0.05) is 38.3 Å². The molecule has 1 aromatic heterocycles. The van der Waals surface area contributed by atoms with E-state index in [9.17, 15) is 0 Å². The van der Waals surface area contributed by atoms with Crippen LogP contribution >= 0.6 is 0 Å². The first-order valence-electron chi connectivity index (χ1n) is 7.27. The van der Waals surface area contributed by atoms with E-state index in [0.717, 1.165) is 18.1 Å². The molecule has 2 rings (SSSR count). The van der Waals surface area contributed by atoms with Crippen LogP contribution in [0, 0.1) is 0 Å². The Labute approximate surface area is 110 Å². The standard InChI is InChI=1S/C14H25N3O/c1-4-12(15-3)10(2)14-16-13(17-18-14)11-8-6-5-7-9-11/h10-12,15H,4-9H2,1-3H3. The number of nitrogens with zero attached hydrogens (tertiary/aromatic N) is 2. The minimum atomic E-state index is 0.282. The summed E-state index contributed by atoms with van der Waals surface area (Å²) >= 11 is 0. The average molecular weight is 251 g/mol. The summed E-state index contributed by atoms with van der Waals surface area (Å²) in [4.78, 5) is 4.63. The maximum Gasteiger partial charge on any atom is 0.231 e. The van der Waals surface area contributed by atoms with Crippen molar-refractivity contribution in [1.29, 1.82) is 0 Å². The van der Waals surface area contributed by atoms with Gasteiger partial charge in [0.1, 0.15) is 0 Å². The Morgan fingerprint density at radius 1 is 1.33 bits per heavy atom. The van der Waals surface area contributed by atoms with Gasteiger partial charge in [0.25, 0.3) is 0 Å². The maximum atomic E-state index is 5.46. The molecule has 0 spiro atoms. The second-order valence-corrected chi connectivity index (χ2v) is 5.42. The minimum absolute atomic E-state index is 0.282. The van der Waals surface area contributed by atoms with Gasteiger partial charge < -0.3 is 9.84 Å². The van der Waals surface area contributed by atoms with Gasteiger partial charge in [-0.2, -0.15) is 4.98 Å². The van der Waals surface area contributed by atoms with E-state index >= 15 is 0 Å². The SMILES string of the molecule is CCC(NC)C(C)c1nc(C2CCCCC2)no1. The van der Waals surface area contributed by atoms with E-state index in [1.807, 2.05) is 7.05 Å². The zero-order chi connectivity index (χ0) is 13.0. The summed E-state index contributed by atoms with van der Waals surface area (Å²) in [5, 5.41) is 7.51. The molecule has 1 fully saturated rings. The third-order valence-corrected chi connectivity index (χ3v) is 4.23. The van der Waals surface area contributed by atoms with Crippen molar-refractivity contribution in [2.45, 2.75) is 70.3 Å². The fourth-order valence-corrected chi connectivity index (χ4v) is 2.94. The predicted octanol–water partition coefficient (Wildman–Crippen LogP) is 3.22. The van der Waals surface area contributed by atoms with Crippen molar-refractivity contribution in [1.82, 2.24) is 15.5 Å². The van der Waals surface area contributed by atoms with Gasteiger partial charge in [0.15, 0.2) is 5.82 Å². The lowest BCUT2D eigenvalue weighted by molar-refractivity contribution is 0.319. The lowest BCUT2D eigenvalue weighted by Crippen LogP contribution is -2.30. The molecule has 0 amide bonds. The van der Waals surface area contributed by atoms with Crippen LogP contribution in [-0.2, 0) is 0 Å². The molecule has 102 valence electrons. The zero-order valence-electron chi connectivity index (χ0n) is 11.8. The zero-order valence-corrected chi connectivity index (χ0v) is 11.8. The molecule has 0 saturated heterocycles. The molecule has 1 saturated carbocycles. The fraction of sp³-hybridized carbons (Fsp3) is 0.857. The predicted molar refractivity (Wildman–Crippen MR) is 71.7 cm³/mol. The molecule has 1 heterocycles. The van der Waals surface area contributed by atoms with Crippen molar-refractivity contribution >= 4 is 0 Å². The Balaban J connectivity index is 2.04. The van der Waals surface area contributed by atoms with Gasteiger partial charge in [-0.05, 0) is 26.3 Å². The van der Waals surface area contributed by atoms with Gasteiger partial charge in [-0.15, -0.1) is 0 Å². The third kappa shape index (κ3) is 2.91. The van der Waals surface area contributed by atoms with Gasteiger partial charge in [0.2, 0.25) is 5.89 Å². The van der Waals surface area contributed by atoms with Crippen LogP contribution in [0.3, 0.4) is 0 Å². The van der Waals surface area contributed by atoms with Crippen LogP contribution in [0.4, 0.5) is 0 Å². The molecule has 0 radical (unpaired) electrons. The first-order valence-corrected chi connectivity index (χ1v) is 7.27. The molecule has 0 aromatic carbocycles. The molecule has 2 unspecified atom stereocenters. The highest BCUT2D eigenvalue weighted by Gasteiger charge is 2.25. The Morgan fingerprint density at radius 2 is 2.06 bits per heavy atom. The van der Waals surface area contributed by atoms with Crippen molar-refractivity contribution in [3.63, 3.8) is 0 Å². The van der Waals surface area contributed by atoms with Crippen LogP contribution in [0.15, 0.2) is 4.52 Å². The molecule has 4 heteroatoms. The summed E-state index contributed by atoms with van der Waals surface area (Å²) < 4.78 is 5.46. The van der Waals surface area contributed by atoms with Crippen molar-refractivity contribution in [2.24, 2.45) is 0 Å². The molecule has 1 aliphatic rings. The number of hydrogen-bond donors (Lipinski definition) is 1. The number of nitrogens with one attached hydrogen (secondary N) is 1. The molecular weight excluding hydrogens is 226 g/mol. The van der Waals surface area contributed by atoms with Crippen molar-refractivity contribution in [3.05, 3.63) is 11.7 Å². The summed E-state index contributed by atoms with van der Waals surface area (Å²) in [5.74, 6) is 2.53. The number of aromatic nitrogens is 2. The van der Waals surface area contributed by atoms with E-state index in [-0.39, 0.29) is 5.92 Å². The van der Waals surface area contributed by atoms with Gasteiger partial charge in [-0.3, -0.25) is 0 Å². The van der Waals surface area contributed by atoms with Crippen LogP contribution in [0.5, 0.6) is 0 Å². The topological polar surface area (TPSA) is 51.0 Å². The van der Waals surface area contributed by atoms with Crippen LogP contribution < -0.4 is 5.32 Å². The molecule has 0 aliphatic heterocycles. The fourth-order valence-electron chi connectivity index (χ4n) is 2.94. The molecule has 1 N–H and O–H groups in total. The number of hydrogen-bond acceptors (Lipinski definition) is 4. The lowest BCUT2D eigenvalue weighted by atomic mass is 9.89. The third-order valence-electron chi connectivity index (χ3n) is 4.23. The Morgan fingerprint density at radius 3 is 2.67 bits per heavy atom. The first-order chi connectivity index (χ1) is 8.76. The van der Waals surface area contributed by atoms with E-state index in [2.05, 4.69) is 29.3 Å². The minimum Gasteiger partial charge on any atom is -0.339 e. The highest BCUT2D eigenvalue weighted by Crippen LogP contribution is 2.31. The summed E-state index contributed by atoms with van der Waals surface area (Å²) in [6, 6.07) is 0.407. The summed E-state index contributed by atoms with van der Waals surface area (Å²) in [7, 11) is 1.99. The Bertz CT molecular complexity index is 354.